The Morgan fingerprint density at radius 3 is 1.80 bits per heavy atom. The fourth-order valence-electron chi connectivity index (χ4n) is 2.96. The molecular weight excluding hydrogens is 282 g/mol. The highest BCUT2D eigenvalue weighted by atomic mass is 32.1. The Morgan fingerprint density at radius 1 is 0.950 bits per heavy atom. The summed E-state index contributed by atoms with van der Waals surface area (Å²) in [5.74, 6) is 0. The first-order chi connectivity index (χ1) is 9.27. The van der Waals surface area contributed by atoms with Crippen LogP contribution in [0.15, 0.2) is 35.0 Å². The normalized spacial score (nSPS) is 13.1. The molecule has 0 saturated carbocycles. The molecule has 2 aromatic heterocycles. The highest BCUT2D eigenvalue weighted by molar-refractivity contribution is 7.11. The molecule has 0 atom stereocenters. The van der Waals surface area contributed by atoms with E-state index >= 15 is 0 Å². The Morgan fingerprint density at radius 2 is 1.45 bits per heavy atom. The van der Waals surface area contributed by atoms with Crippen molar-refractivity contribution in [3.63, 3.8) is 0 Å². The van der Waals surface area contributed by atoms with Gasteiger partial charge >= 0.3 is 0 Å². The number of hydrogen-bond donors (Lipinski definition) is 1. The van der Waals surface area contributed by atoms with Gasteiger partial charge in [-0.1, -0.05) is 32.9 Å². The lowest BCUT2D eigenvalue weighted by Crippen LogP contribution is -2.44. The van der Waals surface area contributed by atoms with Crippen molar-refractivity contribution < 1.29 is 0 Å². The second-order valence-electron chi connectivity index (χ2n) is 7.23. The molecule has 0 aliphatic rings. The van der Waals surface area contributed by atoms with E-state index in [9.17, 15) is 0 Å². The summed E-state index contributed by atoms with van der Waals surface area (Å²) < 4.78 is 0. The minimum Gasteiger partial charge on any atom is -0.300 e. The number of rotatable bonds is 5. The molecule has 0 radical (unpaired) electrons. The molecule has 2 heterocycles. The van der Waals surface area contributed by atoms with E-state index in [1.807, 2.05) is 22.7 Å². The van der Waals surface area contributed by atoms with E-state index in [1.165, 1.54) is 9.75 Å². The molecule has 0 bridgehead atoms. The molecule has 0 unspecified atom stereocenters. The van der Waals surface area contributed by atoms with E-state index in [4.69, 9.17) is 0 Å². The largest absolute Gasteiger partial charge is 0.300 e. The van der Waals surface area contributed by atoms with Crippen molar-refractivity contribution in [1.29, 1.82) is 0 Å². The highest BCUT2D eigenvalue weighted by Crippen LogP contribution is 2.34. The molecule has 3 heteroatoms. The fraction of sp³-hybridized carbons (Fsp3) is 0.529. The molecule has 1 N–H and O–H groups in total. The lowest BCUT2D eigenvalue weighted by Gasteiger charge is -2.36. The molecule has 20 heavy (non-hydrogen) atoms. The van der Waals surface area contributed by atoms with Gasteiger partial charge in [0.1, 0.15) is 0 Å². The second-order valence-corrected chi connectivity index (χ2v) is 9.19. The number of nitrogens with one attached hydrogen (secondary N) is 1. The Bertz CT molecular complexity index is 469. The van der Waals surface area contributed by atoms with Crippen LogP contribution >= 0.6 is 22.7 Å². The van der Waals surface area contributed by atoms with Crippen LogP contribution in [0.1, 0.15) is 56.8 Å². The molecular formula is C17H25NS2. The van der Waals surface area contributed by atoms with Crippen LogP contribution in [0.25, 0.3) is 0 Å². The van der Waals surface area contributed by atoms with Gasteiger partial charge in [0.05, 0.1) is 6.04 Å². The summed E-state index contributed by atoms with van der Waals surface area (Å²) in [6, 6.07) is 9.05. The Balaban J connectivity index is 2.21. The van der Waals surface area contributed by atoms with Crippen LogP contribution in [0.5, 0.6) is 0 Å². The minimum absolute atomic E-state index is 0.108. The Hall–Kier alpha value is -0.640. The SMILES string of the molecule is CC(C)(C)CC(C)(C)NC(c1cccs1)c1cccs1. The van der Waals surface area contributed by atoms with Crippen molar-refractivity contribution in [3.8, 4) is 0 Å². The third-order valence-corrected chi connectivity index (χ3v) is 5.04. The Labute approximate surface area is 131 Å². The first kappa shape index (κ1) is 15.7. The maximum Gasteiger partial charge on any atom is 0.0768 e. The molecule has 2 rings (SSSR count). The predicted molar refractivity (Wildman–Crippen MR) is 91.8 cm³/mol. The molecule has 110 valence electrons. The summed E-state index contributed by atoms with van der Waals surface area (Å²) in [6.07, 6.45) is 1.15. The minimum atomic E-state index is 0.108. The van der Waals surface area contributed by atoms with Crippen molar-refractivity contribution in [2.24, 2.45) is 5.41 Å². The zero-order valence-corrected chi connectivity index (χ0v) is 14.7. The summed E-state index contributed by atoms with van der Waals surface area (Å²) in [5, 5.41) is 8.20. The first-order valence-corrected chi connectivity index (χ1v) is 8.87. The van der Waals surface area contributed by atoms with E-state index in [-0.39, 0.29) is 5.54 Å². The molecule has 2 aromatic rings. The summed E-state index contributed by atoms with van der Waals surface area (Å²) in [4.78, 5) is 2.80. The lowest BCUT2D eigenvalue weighted by atomic mass is 9.81. The van der Waals surface area contributed by atoms with E-state index < -0.39 is 0 Å². The van der Waals surface area contributed by atoms with Crippen LogP contribution in [0.3, 0.4) is 0 Å². The maximum atomic E-state index is 3.88. The third-order valence-electron chi connectivity index (χ3n) is 3.16. The van der Waals surface area contributed by atoms with Crippen LogP contribution in [0, 0.1) is 5.41 Å². The van der Waals surface area contributed by atoms with Crippen molar-refractivity contribution in [2.45, 2.75) is 52.6 Å². The standard InChI is InChI=1S/C17H25NS2/c1-16(2,3)12-17(4,5)18-15(13-8-6-10-19-13)14-9-7-11-20-14/h6-11,15,18H,12H2,1-5H3. The van der Waals surface area contributed by atoms with E-state index in [0.717, 1.165) is 6.42 Å². The van der Waals surface area contributed by atoms with E-state index in [1.54, 1.807) is 0 Å². The smallest absolute Gasteiger partial charge is 0.0768 e. The first-order valence-electron chi connectivity index (χ1n) is 7.11. The fourth-order valence-corrected chi connectivity index (χ4v) is 4.62. The van der Waals surface area contributed by atoms with Gasteiger partial charge in [-0.15, -0.1) is 22.7 Å². The van der Waals surface area contributed by atoms with E-state index in [0.29, 0.717) is 11.5 Å². The zero-order valence-electron chi connectivity index (χ0n) is 13.1. The Kier molecular flexibility index (Phi) is 4.73. The van der Waals surface area contributed by atoms with Crippen molar-refractivity contribution in [1.82, 2.24) is 5.32 Å². The van der Waals surface area contributed by atoms with Crippen LogP contribution in [0.2, 0.25) is 0 Å². The van der Waals surface area contributed by atoms with Gasteiger partial charge in [0.25, 0.3) is 0 Å². The molecule has 0 saturated heterocycles. The summed E-state index contributed by atoms with van der Waals surface area (Å²) in [7, 11) is 0. The average molecular weight is 308 g/mol. The van der Waals surface area contributed by atoms with Crippen LogP contribution in [-0.2, 0) is 0 Å². The molecule has 0 aliphatic heterocycles. The van der Waals surface area contributed by atoms with Gasteiger partial charge in [0, 0.05) is 15.3 Å². The summed E-state index contributed by atoms with van der Waals surface area (Å²) in [6.45, 7) is 11.5. The summed E-state index contributed by atoms with van der Waals surface area (Å²) in [5.41, 5.74) is 0.433. The van der Waals surface area contributed by atoms with Crippen LogP contribution < -0.4 is 5.32 Å². The average Bonchev–Trinajstić information content (AvgIpc) is 2.96. The van der Waals surface area contributed by atoms with Gasteiger partial charge in [-0.3, -0.25) is 5.32 Å². The second kappa shape index (κ2) is 6.00. The lowest BCUT2D eigenvalue weighted by molar-refractivity contribution is 0.232. The topological polar surface area (TPSA) is 12.0 Å². The van der Waals surface area contributed by atoms with Crippen molar-refractivity contribution >= 4 is 22.7 Å². The summed E-state index contributed by atoms with van der Waals surface area (Å²) >= 11 is 3.66. The van der Waals surface area contributed by atoms with Gasteiger partial charge in [0.15, 0.2) is 0 Å². The van der Waals surface area contributed by atoms with Gasteiger partial charge in [-0.05, 0) is 48.6 Å². The predicted octanol–water partition coefficient (Wildman–Crippen LogP) is 5.70. The molecule has 1 nitrogen and oxygen atoms in total. The monoisotopic (exact) mass is 307 g/mol. The van der Waals surface area contributed by atoms with Gasteiger partial charge in [-0.2, -0.15) is 0 Å². The quantitative estimate of drug-likeness (QED) is 0.746. The highest BCUT2D eigenvalue weighted by Gasteiger charge is 2.29. The molecule has 0 spiro atoms. The molecule has 0 fully saturated rings. The molecule has 0 aromatic carbocycles. The van der Waals surface area contributed by atoms with Crippen molar-refractivity contribution in [2.75, 3.05) is 0 Å². The van der Waals surface area contributed by atoms with E-state index in [2.05, 4.69) is 75.0 Å². The van der Waals surface area contributed by atoms with Crippen molar-refractivity contribution in [3.05, 3.63) is 44.8 Å². The van der Waals surface area contributed by atoms with Crippen LogP contribution in [0.4, 0.5) is 0 Å². The number of hydrogen-bond acceptors (Lipinski definition) is 3. The number of thiophene rings is 2. The maximum absolute atomic E-state index is 3.88. The van der Waals surface area contributed by atoms with Gasteiger partial charge < -0.3 is 0 Å². The van der Waals surface area contributed by atoms with Gasteiger partial charge in [-0.25, -0.2) is 0 Å². The van der Waals surface area contributed by atoms with Crippen LogP contribution in [-0.4, -0.2) is 5.54 Å². The zero-order chi connectivity index (χ0) is 14.8. The molecule has 0 amide bonds. The molecule has 0 aliphatic carbocycles. The third kappa shape index (κ3) is 4.44. The van der Waals surface area contributed by atoms with Gasteiger partial charge in [0.2, 0.25) is 0 Å².